The summed E-state index contributed by atoms with van der Waals surface area (Å²) in [6, 6.07) is 4.31. The van der Waals surface area contributed by atoms with Crippen LogP contribution in [0.4, 0.5) is 0 Å². The Morgan fingerprint density at radius 1 is 1.53 bits per heavy atom. The summed E-state index contributed by atoms with van der Waals surface area (Å²) in [5, 5.41) is 16.6. The molecule has 0 radical (unpaired) electrons. The van der Waals surface area contributed by atoms with Crippen LogP contribution in [0.1, 0.15) is 17.4 Å². The molecule has 0 N–H and O–H groups in total. The maximum atomic E-state index is 8.71. The molecular weight excluding hydrogens is 218 g/mol. The van der Waals surface area contributed by atoms with E-state index in [1.165, 1.54) is 0 Å². The third-order valence-corrected chi connectivity index (χ3v) is 2.91. The van der Waals surface area contributed by atoms with E-state index in [2.05, 4.69) is 21.2 Å². The van der Waals surface area contributed by atoms with E-state index in [4.69, 9.17) is 9.78 Å². The average Bonchev–Trinajstić information content (AvgIpc) is 2.94. The molecule has 1 fully saturated rings. The molecular formula is C11H11N5O. The summed E-state index contributed by atoms with van der Waals surface area (Å²) >= 11 is 0. The first-order valence-electron chi connectivity index (χ1n) is 5.41. The predicted octanol–water partition coefficient (Wildman–Crippen LogP) is 0.800. The van der Waals surface area contributed by atoms with E-state index in [0.29, 0.717) is 11.6 Å². The van der Waals surface area contributed by atoms with Gasteiger partial charge in [0, 0.05) is 25.4 Å². The number of aromatic nitrogens is 3. The molecule has 1 saturated heterocycles. The fourth-order valence-electron chi connectivity index (χ4n) is 1.98. The van der Waals surface area contributed by atoms with Gasteiger partial charge < -0.3 is 4.52 Å². The lowest BCUT2D eigenvalue weighted by molar-refractivity contribution is 0.0809. The highest BCUT2D eigenvalue weighted by molar-refractivity contribution is 5.22. The van der Waals surface area contributed by atoms with Crippen molar-refractivity contribution in [2.45, 2.75) is 12.6 Å². The molecule has 0 amide bonds. The Morgan fingerprint density at radius 3 is 3.06 bits per heavy atom. The van der Waals surface area contributed by atoms with Crippen molar-refractivity contribution in [3.8, 4) is 6.07 Å². The molecule has 0 aliphatic carbocycles. The van der Waals surface area contributed by atoms with Crippen LogP contribution in [0.25, 0.3) is 0 Å². The smallest absolute Gasteiger partial charge is 0.150 e. The van der Waals surface area contributed by atoms with Gasteiger partial charge in [-0.05, 0) is 0 Å². The number of hydrogen-bond donors (Lipinski definition) is 0. The largest absolute Gasteiger partial charge is 0.360 e. The Balaban J connectivity index is 1.56. The fourth-order valence-corrected chi connectivity index (χ4v) is 1.98. The molecule has 0 aromatic carbocycles. The first-order chi connectivity index (χ1) is 8.35. The third kappa shape index (κ3) is 1.92. The summed E-state index contributed by atoms with van der Waals surface area (Å²) in [7, 11) is 0. The Hall–Kier alpha value is -2.13. The normalized spacial score (nSPS) is 16.6. The van der Waals surface area contributed by atoms with Gasteiger partial charge in [0.1, 0.15) is 6.07 Å². The summed E-state index contributed by atoms with van der Waals surface area (Å²) in [6.07, 6.45) is 5.04. The van der Waals surface area contributed by atoms with Crippen LogP contribution in [-0.2, 0) is 6.54 Å². The number of likely N-dealkylation sites (tertiary alicyclic amines) is 1. The van der Waals surface area contributed by atoms with E-state index in [-0.39, 0.29) is 0 Å². The van der Waals surface area contributed by atoms with Crippen molar-refractivity contribution in [2.24, 2.45) is 0 Å². The van der Waals surface area contributed by atoms with Crippen LogP contribution in [0.3, 0.4) is 0 Å². The van der Waals surface area contributed by atoms with Crippen molar-refractivity contribution >= 4 is 0 Å². The second kappa shape index (κ2) is 4.03. The van der Waals surface area contributed by atoms with E-state index < -0.39 is 0 Å². The lowest BCUT2D eigenvalue weighted by atomic mass is 10.1. The standard InChI is InChI=1S/C11H11N5O/c12-3-9-4-13-16(5-9)10-6-15(7-10)8-11-1-2-14-17-11/h1-2,4-5,10H,6-8H2. The SMILES string of the molecule is N#Cc1cnn(C2CN(Cc3ccno3)C2)c1. The van der Waals surface area contributed by atoms with Gasteiger partial charge in [0.05, 0.1) is 30.5 Å². The molecule has 3 heterocycles. The molecule has 0 atom stereocenters. The van der Waals surface area contributed by atoms with Crippen LogP contribution in [0, 0.1) is 11.3 Å². The molecule has 0 spiro atoms. The van der Waals surface area contributed by atoms with Crippen LogP contribution >= 0.6 is 0 Å². The van der Waals surface area contributed by atoms with E-state index in [1.807, 2.05) is 10.7 Å². The molecule has 17 heavy (non-hydrogen) atoms. The molecule has 2 aromatic heterocycles. The summed E-state index contributed by atoms with van der Waals surface area (Å²) in [4.78, 5) is 2.25. The zero-order valence-corrected chi connectivity index (χ0v) is 9.15. The molecule has 6 heteroatoms. The lowest BCUT2D eigenvalue weighted by Crippen LogP contribution is -2.47. The van der Waals surface area contributed by atoms with Gasteiger partial charge in [-0.1, -0.05) is 5.16 Å². The molecule has 3 rings (SSSR count). The van der Waals surface area contributed by atoms with Gasteiger partial charge in [-0.25, -0.2) is 0 Å². The highest BCUT2D eigenvalue weighted by atomic mass is 16.5. The minimum atomic E-state index is 0.361. The second-order valence-electron chi connectivity index (χ2n) is 4.15. The summed E-state index contributed by atoms with van der Waals surface area (Å²) < 4.78 is 6.90. The maximum Gasteiger partial charge on any atom is 0.150 e. The van der Waals surface area contributed by atoms with Gasteiger partial charge >= 0.3 is 0 Å². The highest BCUT2D eigenvalue weighted by Crippen LogP contribution is 2.22. The first-order valence-corrected chi connectivity index (χ1v) is 5.41. The minimum absolute atomic E-state index is 0.361. The molecule has 6 nitrogen and oxygen atoms in total. The molecule has 1 aliphatic rings. The van der Waals surface area contributed by atoms with Crippen molar-refractivity contribution in [3.63, 3.8) is 0 Å². The van der Waals surface area contributed by atoms with Gasteiger partial charge in [0.25, 0.3) is 0 Å². The number of nitriles is 1. The van der Waals surface area contributed by atoms with Crippen LogP contribution < -0.4 is 0 Å². The van der Waals surface area contributed by atoms with Crippen LogP contribution in [0.5, 0.6) is 0 Å². The van der Waals surface area contributed by atoms with Gasteiger partial charge in [-0.2, -0.15) is 10.4 Å². The van der Waals surface area contributed by atoms with E-state index in [9.17, 15) is 0 Å². The number of hydrogen-bond acceptors (Lipinski definition) is 5. The predicted molar refractivity (Wildman–Crippen MR) is 57.8 cm³/mol. The van der Waals surface area contributed by atoms with E-state index in [0.717, 1.165) is 25.4 Å². The quantitative estimate of drug-likeness (QED) is 0.778. The minimum Gasteiger partial charge on any atom is -0.360 e. The highest BCUT2D eigenvalue weighted by Gasteiger charge is 2.29. The Morgan fingerprint density at radius 2 is 2.41 bits per heavy atom. The lowest BCUT2D eigenvalue weighted by Gasteiger charge is -2.38. The van der Waals surface area contributed by atoms with Crippen molar-refractivity contribution in [2.75, 3.05) is 13.1 Å². The Labute approximate surface area is 98.0 Å². The molecule has 0 bridgehead atoms. The van der Waals surface area contributed by atoms with E-state index >= 15 is 0 Å². The zero-order chi connectivity index (χ0) is 11.7. The van der Waals surface area contributed by atoms with Gasteiger partial charge in [0.15, 0.2) is 5.76 Å². The monoisotopic (exact) mass is 229 g/mol. The van der Waals surface area contributed by atoms with Crippen LogP contribution in [-0.4, -0.2) is 32.9 Å². The number of nitrogens with zero attached hydrogens (tertiary/aromatic N) is 5. The van der Waals surface area contributed by atoms with Crippen LogP contribution in [0.15, 0.2) is 29.2 Å². The van der Waals surface area contributed by atoms with Crippen molar-refractivity contribution in [3.05, 3.63) is 36.0 Å². The first kappa shape index (κ1) is 10.1. The fraction of sp³-hybridized carbons (Fsp3) is 0.364. The number of rotatable bonds is 3. The van der Waals surface area contributed by atoms with E-state index in [1.54, 1.807) is 18.6 Å². The van der Waals surface area contributed by atoms with Crippen molar-refractivity contribution < 1.29 is 4.52 Å². The molecule has 86 valence electrons. The third-order valence-electron chi connectivity index (χ3n) is 2.91. The molecule has 0 saturated carbocycles. The van der Waals surface area contributed by atoms with Crippen molar-refractivity contribution in [1.29, 1.82) is 5.26 Å². The van der Waals surface area contributed by atoms with Gasteiger partial charge in [-0.15, -0.1) is 0 Å². The van der Waals surface area contributed by atoms with Crippen LogP contribution in [0.2, 0.25) is 0 Å². The van der Waals surface area contributed by atoms with Gasteiger partial charge in [-0.3, -0.25) is 9.58 Å². The molecule has 1 aliphatic heterocycles. The summed E-state index contributed by atoms with van der Waals surface area (Å²) in [5.74, 6) is 0.877. The zero-order valence-electron chi connectivity index (χ0n) is 9.15. The Kier molecular flexibility index (Phi) is 2.38. The maximum absolute atomic E-state index is 8.71. The summed E-state index contributed by atoms with van der Waals surface area (Å²) in [6.45, 7) is 2.63. The average molecular weight is 229 g/mol. The van der Waals surface area contributed by atoms with Crippen molar-refractivity contribution in [1.82, 2.24) is 19.8 Å². The summed E-state index contributed by atoms with van der Waals surface area (Å²) in [5.41, 5.74) is 0.610. The molecule has 0 unspecified atom stereocenters. The Bertz CT molecular complexity index is 532. The second-order valence-corrected chi connectivity index (χ2v) is 4.15. The topological polar surface area (TPSA) is 70.9 Å². The van der Waals surface area contributed by atoms with Gasteiger partial charge in [0.2, 0.25) is 0 Å². The molecule has 2 aromatic rings.